The van der Waals surface area contributed by atoms with Crippen LogP contribution in [0.25, 0.3) is 0 Å². The van der Waals surface area contributed by atoms with Crippen LogP contribution in [0.2, 0.25) is 0 Å². The average Bonchev–Trinajstić information content (AvgIpc) is 2.38. The Hall–Kier alpha value is 0.270. The third-order valence-electron chi connectivity index (χ3n) is 5.45. The Morgan fingerprint density at radius 3 is 2.68 bits per heavy atom. The summed E-state index contributed by atoms with van der Waals surface area (Å²) in [5.41, 5.74) is 0. The molecule has 1 saturated carbocycles. The molecule has 1 aliphatic carbocycles. The minimum atomic E-state index is 0.714. The molecule has 110 valence electrons. The molecule has 3 heteroatoms. The molecule has 0 spiro atoms. The van der Waals surface area contributed by atoms with E-state index in [4.69, 9.17) is 0 Å². The first-order valence-corrected chi connectivity index (χ1v) is 9.56. The maximum Gasteiger partial charge on any atom is 0.0161 e. The second-order valence-electron chi connectivity index (χ2n) is 6.85. The predicted octanol–water partition coefficient (Wildman–Crippen LogP) is 3.12. The quantitative estimate of drug-likeness (QED) is 0.853. The summed E-state index contributed by atoms with van der Waals surface area (Å²) in [4.78, 5) is 2.80. The van der Waals surface area contributed by atoms with Crippen LogP contribution in [0.4, 0.5) is 0 Å². The summed E-state index contributed by atoms with van der Waals surface area (Å²) in [6.45, 7) is 5.17. The first-order chi connectivity index (χ1) is 9.33. The number of piperidine rings is 1. The summed E-state index contributed by atoms with van der Waals surface area (Å²) in [6, 6.07) is 2.44. The second-order valence-corrected chi connectivity index (χ2v) is 8.00. The molecule has 2 aliphatic heterocycles. The van der Waals surface area contributed by atoms with E-state index in [-0.39, 0.29) is 0 Å². The molecule has 0 bridgehead atoms. The van der Waals surface area contributed by atoms with Gasteiger partial charge in [0, 0.05) is 30.4 Å². The average molecular weight is 282 g/mol. The zero-order valence-corrected chi connectivity index (χ0v) is 13.3. The standard InChI is InChI=1S/C16H30N2S/c1-13(17-15-6-4-10-19-12-15)14-5-3-9-18(11-14)16-7-2-8-16/h13-17H,2-12H2,1H3/t13-,14+,15+/m0/s1. The Kier molecular flexibility index (Phi) is 5.10. The van der Waals surface area contributed by atoms with E-state index in [0.717, 1.165) is 18.0 Å². The highest BCUT2D eigenvalue weighted by Gasteiger charge is 2.32. The summed E-state index contributed by atoms with van der Waals surface area (Å²) in [5, 5.41) is 3.94. The van der Waals surface area contributed by atoms with E-state index in [1.165, 1.54) is 69.5 Å². The maximum atomic E-state index is 3.94. The molecule has 1 N–H and O–H groups in total. The van der Waals surface area contributed by atoms with Gasteiger partial charge in [-0.05, 0) is 63.7 Å². The molecule has 0 aromatic carbocycles. The SMILES string of the molecule is C[C@H](N[C@@H]1CCCSC1)[C@@H]1CCCN(C2CCC2)C1. The molecule has 0 aromatic rings. The molecular formula is C16H30N2S. The Morgan fingerprint density at radius 2 is 2.00 bits per heavy atom. The first-order valence-electron chi connectivity index (χ1n) is 8.41. The highest BCUT2D eigenvalue weighted by Crippen LogP contribution is 2.30. The summed E-state index contributed by atoms with van der Waals surface area (Å²) >= 11 is 2.14. The molecule has 2 saturated heterocycles. The van der Waals surface area contributed by atoms with Gasteiger partial charge in [-0.3, -0.25) is 0 Å². The molecule has 3 atom stereocenters. The largest absolute Gasteiger partial charge is 0.310 e. The zero-order valence-electron chi connectivity index (χ0n) is 12.4. The molecule has 2 nitrogen and oxygen atoms in total. The van der Waals surface area contributed by atoms with Crippen LogP contribution in [-0.4, -0.2) is 47.6 Å². The van der Waals surface area contributed by atoms with Crippen LogP contribution in [0.5, 0.6) is 0 Å². The van der Waals surface area contributed by atoms with Crippen LogP contribution >= 0.6 is 11.8 Å². The van der Waals surface area contributed by atoms with Gasteiger partial charge in [0.05, 0.1) is 0 Å². The van der Waals surface area contributed by atoms with E-state index in [0.29, 0.717) is 6.04 Å². The van der Waals surface area contributed by atoms with Crippen molar-refractivity contribution in [3.63, 3.8) is 0 Å². The third kappa shape index (κ3) is 3.68. The molecule has 0 radical (unpaired) electrons. The van der Waals surface area contributed by atoms with E-state index in [1.807, 2.05) is 0 Å². The Bertz CT molecular complexity index is 274. The Morgan fingerprint density at radius 1 is 1.11 bits per heavy atom. The van der Waals surface area contributed by atoms with Crippen LogP contribution in [0, 0.1) is 5.92 Å². The number of nitrogens with zero attached hydrogens (tertiary/aromatic N) is 1. The Balaban J connectivity index is 1.46. The van der Waals surface area contributed by atoms with E-state index in [2.05, 4.69) is 28.9 Å². The fraction of sp³-hybridized carbons (Fsp3) is 1.00. The number of likely N-dealkylation sites (tertiary alicyclic amines) is 1. The lowest BCUT2D eigenvalue weighted by molar-refractivity contribution is 0.0653. The summed E-state index contributed by atoms with van der Waals surface area (Å²) in [7, 11) is 0. The van der Waals surface area contributed by atoms with Crippen molar-refractivity contribution in [3.05, 3.63) is 0 Å². The minimum Gasteiger partial charge on any atom is -0.310 e. The van der Waals surface area contributed by atoms with Crippen molar-refractivity contribution in [2.24, 2.45) is 5.92 Å². The van der Waals surface area contributed by atoms with Gasteiger partial charge in [-0.25, -0.2) is 0 Å². The van der Waals surface area contributed by atoms with Crippen LogP contribution in [-0.2, 0) is 0 Å². The van der Waals surface area contributed by atoms with Gasteiger partial charge in [-0.15, -0.1) is 0 Å². The third-order valence-corrected chi connectivity index (χ3v) is 6.66. The highest BCUT2D eigenvalue weighted by atomic mass is 32.2. The topological polar surface area (TPSA) is 15.3 Å². The van der Waals surface area contributed by atoms with Crippen LogP contribution in [0.15, 0.2) is 0 Å². The lowest BCUT2D eigenvalue weighted by Gasteiger charge is -2.44. The normalized spacial score (nSPS) is 35.8. The van der Waals surface area contributed by atoms with Crippen molar-refractivity contribution in [1.82, 2.24) is 10.2 Å². The predicted molar refractivity (Wildman–Crippen MR) is 84.9 cm³/mol. The lowest BCUT2D eigenvalue weighted by atomic mass is 9.85. The number of hydrogen-bond donors (Lipinski definition) is 1. The monoisotopic (exact) mass is 282 g/mol. The lowest BCUT2D eigenvalue weighted by Crippen LogP contribution is -2.52. The van der Waals surface area contributed by atoms with E-state index >= 15 is 0 Å². The van der Waals surface area contributed by atoms with Crippen molar-refractivity contribution in [3.8, 4) is 0 Å². The van der Waals surface area contributed by atoms with Crippen molar-refractivity contribution >= 4 is 11.8 Å². The minimum absolute atomic E-state index is 0.714. The van der Waals surface area contributed by atoms with Gasteiger partial charge >= 0.3 is 0 Å². The number of rotatable bonds is 4. The molecule has 3 fully saturated rings. The molecule has 2 heterocycles. The van der Waals surface area contributed by atoms with Gasteiger partial charge in [0.15, 0.2) is 0 Å². The van der Waals surface area contributed by atoms with E-state index < -0.39 is 0 Å². The zero-order chi connectivity index (χ0) is 13.1. The van der Waals surface area contributed by atoms with Crippen LogP contribution < -0.4 is 5.32 Å². The summed E-state index contributed by atoms with van der Waals surface area (Å²) in [6.07, 6.45) is 10.1. The van der Waals surface area contributed by atoms with E-state index in [9.17, 15) is 0 Å². The first kappa shape index (κ1) is 14.2. The van der Waals surface area contributed by atoms with Gasteiger partial charge in [-0.2, -0.15) is 11.8 Å². The van der Waals surface area contributed by atoms with Gasteiger partial charge in [0.2, 0.25) is 0 Å². The van der Waals surface area contributed by atoms with Gasteiger partial charge in [0.1, 0.15) is 0 Å². The van der Waals surface area contributed by atoms with Crippen molar-refractivity contribution < 1.29 is 0 Å². The molecule has 3 aliphatic rings. The van der Waals surface area contributed by atoms with Crippen LogP contribution in [0.1, 0.15) is 51.9 Å². The molecular weight excluding hydrogens is 252 g/mol. The number of nitrogens with one attached hydrogen (secondary N) is 1. The van der Waals surface area contributed by atoms with Gasteiger partial charge in [0.25, 0.3) is 0 Å². The summed E-state index contributed by atoms with van der Waals surface area (Å²) in [5.74, 6) is 3.61. The fourth-order valence-electron chi connectivity index (χ4n) is 3.91. The Labute approximate surface area is 123 Å². The second kappa shape index (κ2) is 6.82. The van der Waals surface area contributed by atoms with Crippen molar-refractivity contribution in [2.45, 2.75) is 70.0 Å². The molecule has 3 rings (SSSR count). The van der Waals surface area contributed by atoms with Crippen LogP contribution in [0.3, 0.4) is 0 Å². The molecule has 0 unspecified atom stereocenters. The smallest absolute Gasteiger partial charge is 0.0161 e. The number of hydrogen-bond acceptors (Lipinski definition) is 3. The van der Waals surface area contributed by atoms with Crippen molar-refractivity contribution in [1.29, 1.82) is 0 Å². The van der Waals surface area contributed by atoms with Crippen molar-refractivity contribution in [2.75, 3.05) is 24.6 Å². The number of thioether (sulfide) groups is 1. The fourth-order valence-corrected chi connectivity index (χ4v) is 5.00. The molecule has 0 aromatic heterocycles. The van der Waals surface area contributed by atoms with E-state index in [1.54, 1.807) is 0 Å². The summed E-state index contributed by atoms with van der Waals surface area (Å²) < 4.78 is 0. The molecule has 19 heavy (non-hydrogen) atoms. The van der Waals surface area contributed by atoms with Gasteiger partial charge in [-0.1, -0.05) is 6.42 Å². The van der Waals surface area contributed by atoms with Gasteiger partial charge < -0.3 is 10.2 Å². The molecule has 0 amide bonds. The maximum absolute atomic E-state index is 3.94. The highest BCUT2D eigenvalue weighted by molar-refractivity contribution is 7.99.